The number of aromatic nitrogens is 2. The number of aromatic amines is 2. The predicted molar refractivity (Wildman–Crippen MR) is 105 cm³/mol. The van der Waals surface area contributed by atoms with Gasteiger partial charge in [0.25, 0.3) is 5.91 Å². The fourth-order valence-electron chi connectivity index (χ4n) is 3.73. The van der Waals surface area contributed by atoms with Crippen molar-refractivity contribution in [2.24, 2.45) is 0 Å². The quantitative estimate of drug-likeness (QED) is 0.640. The molecular weight excluding hydrogens is 342 g/mol. The molecule has 3 aromatic rings. The zero-order valence-corrected chi connectivity index (χ0v) is 15.1. The molecule has 4 rings (SSSR count). The van der Waals surface area contributed by atoms with Crippen LogP contribution < -0.4 is 15.7 Å². The number of nitrogens with one attached hydrogen (secondary N) is 3. The molecular formula is C21H23N3O3. The molecule has 0 unspecified atom stereocenters. The van der Waals surface area contributed by atoms with Crippen molar-refractivity contribution >= 4 is 22.6 Å². The number of H-pyrrole nitrogens is 2. The topological polar surface area (TPSA) is 87.0 Å². The zero-order valence-electron chi connectivity index (χ0n) is 15.1. The second-order valence-corrected chi connectivity index (χ2v) is 7.08. The van der Waals surface area contributed by atoms with Gasteiger partial charge >= 0.3 is 5.69 Å². The molecule has 2 aromatic carbocycles. The molecule has 6 nitrogen and oxygen atoms in total. The summed E-state index contributed by atoms with van der Waals surface area (Å²) in [6, 6.07) is 13.3. The minimum absolute atomic E-state index is 0.0650. The van der Waals surface area contributed by atoms with Crippen molar-refractivity contribution in [1.29, 1.82) is 0 Å². The van der Waals surface area contributed by atoms with E-state index in [0.717, 1.165) is 0 Å². The molecule has 0 radical (unpaired) electrons. The molecule has 0 spiro atoms. The van der Waals surface area contributed by atoms with Gasteiger partial charge in [0.15, 0.2) is 6.61 Å². The van der Waals surface area contributed by atoms with Crippen molar-refractivity contribution in [3.63, 3.8) is 0 Å². The van der Waals surface area contributed by atoms with Gasteiger partial charge in [-0.1, -0.05) is 31.4 Å². The summed E-state index contributed by atoms with van der Waals surface area (Å²) < 4.78 is 5.60. The van der Waals surface area contributed by atoms with Crippen LogP contribution >= 0.6 is 0 Å². The number of imidazole rings is 1. The van der Waals surface area contributed by atoms with E-state index < -0.39 is 0 Å². The Hall–Kier alpha value is -3.02. The molecule has 1 heterocycles. The third-order valence-corrected chi connectivity index (χ3v) is 5.13. The molecule has 0 saturated heterocycles. The van der Waals surface area contributed by atoms with Crippen molar-refractivity contribution in [2.75, 3.05) is 11.9 Å². The Labute approximate surface area is 156 Å². The molecule has 0 aliphatic heterocycles. The molecule has 1 fully saturated rings. The average molecular weight is 365 g/mol. The summed E-state index contributed by atoms with van der Waals surface area (Å²) >= 11 is 0. The van der Waals surface area contributed by atoms with Gasteiger partial charge in [-0.25, -0.2) is 4.79 Å². The van der Waals surface area contributed by atoms with Crippen molar-refractivity contribution in [1.82, 2.24) is 9.97 Å². The molecule has 6 heteroatoms. The highest BCUT2D eigenvalue weighted by Gasteiger charge is 2.15. The molecule has 140 valence electrons. The minimum Gasteiger partial charge on any atom is -0.484 e. The van der Waals surface area contributed by atoms with Crippen LogP contribution in [0.3, 0.4) is 0 Å². The summed E-state index contributed by atoms with van der Waals surface area (Å²) in [5.74, 6) is 1.10. The Morgan fingerprint density at radius 2 is 1.74 bits per heavy atom. The van der Waals surface area contributed by atoms with Crippen LogP contribution in [0.4, 0.5) is 5.69 Å². The lowest BCUT2D eigenvalue weighted by atomic mass is 9.84. The second-order valence-electron chi connectivity index (χ2n) is 7.08. The van der Waals surface area contributed by atoms with Crippen molar-refractivity contribution in [3.8, 4) is 5.75 Å². The molecule has 0 bridgehead atoms. The van der Waals surface area contributed by atoms with Crippen LogP contribution in [0.15, 0.2) is 47.3 Å². The fourth-order valence-corrected chi connectivity index (χ4v) is 3.73. The van der Waals surface area contributed by atoms with Gasteiger partial charge in [0.1, 0.15) is 5.75 Å². The molecule has 27 heavy (non-hydrogen) atoms. The van der Waals surface area contributed by atoms with Crippen molar-refractivity contribution in [3.05, 3.63) is 58.5 Å². The van der Waals surface area contributed by atoms with Crippen LogP contribution in [0.2, 0.25) is 0 Å². The Morgan fingerprint density at radius 1 is 1.00 bits per heavy atom. The van der Waals surface area contributed by atoms with Gasteiger partial charge in [-0.15, -0.1) is 0 Å². The highest BCUT2D eigenvalue weighted by atomic mass is 16.5. The Kier molecular flexibility index (Phi) is 4.96. The van der Waals surface area contributed by atoms with Crippen LogP contribution in [-0.4, -0.2) is 22.5 Å². The standard InChI is InChI=1S/C21H23N3O3/c25-20(22-16-8-11-18-19(12-16)24-21(26)23-18)13-27-17-9-6-15(7-10-17)14-4-2-1-3-5-14/h6-12,14H,1-5,13H2,(H,22,25)(H2,23,24,26). The fraction of sp³-hybridized carbons (Fsp3) is 0.333. The smallest absolute Gasteiger partial charge is 0.323 e. The van der Waals surface area contributed by atoms with Gasteiger partial charge in [-0.2, -0.15) is 0 Å². The average Bonchev–Trinajstić information content (AvgIpc) is 3.07. The third-order valence-electron chi connectivity index (χ3n) is 5.13. The molecule has 1 amide bonds. The van der Waals surface area contributed by atoms with Crippen LogP contribution in [0, 0.1) is 0 Å². The number of ether oxygens (including phenoxy) is 1. The van der Waals surface area contributed by atoms with E-state index in [-0.39, 0.29) is 18.2 Å². The number of carbonyl (C=O) groups is 1. The maximum atomic E-state index is 12.1. The minimum atomic E-state index is -0.270. The summed E-state index contributed by atoms with van der Waals surface area (Å²) in [5.41, 5.74) is 3.05. The first kappa shape index (κ1) is 17.4. The first-order valence-corrected chi connectivity index (χ1v) is 9.42. The summed E-state index contributed by atoms with van der Waals surface area (Å²) in [6.45, 7) is -0.0650. The summed E-state index contributed by atoms with van der Waals surface area (Å²) in [6.07, 6.45) is 6.50. The summed E-state index contributed by atoms with van der Waals surface area (Å²) in [5, 5.41) is 2.78. The third kappa shape index (κ3) is 4.22. The Bertz CT molecular complexity index is 982. The lowest BCUT2D eigenvalue weighted by Crippen LogP contribution is -2.20. The van der Waals surface area contributed by atoms with E-state index in [1.165, 1.54) is 37.7 Å². The van der Waals surface area contributed by atoms with E-state index in [1.54, 1.807) is 18.2 Å². The monoisotopic (exact) mass is 365 g/mol. The number of rotatable bonds is 5. The highest BCUT2D eigenvalue weighted by molar-refractivity contribution is 5.93. The van der Waals surface area contributed by atoms with Crippen LogP contribution in [0.5, 0.6) is 5.75 Å². The van der Waals surface area contributed by atoms with Gasteiger partial charge in [-0.3, -0.25) is 4.79 Å². The number of carbonyl (C=O) groups excluding carboxylic acids is 1. The van der Waals surface area contributed by atoms with E-state index in [0.29, 0.717) is 28.4 Å². The van der Waals surface area contributed by atoms with Crippen molar-refractivity contribution in [2.45, 2.75) is 38.0 Å². The lowest BCUT2D eigenvalue weighted by Gasteiger charge is -2.22. The molecule has 1 aliphatic rings. The number of hydrogen-bond donors (Lipinski definition) is 3. The molecule has 1 saturated carbocycles. The van der Waals surface area contributed by atoms with Gasteiger partial charge in [0.2, 0.25) is 0 Å². The zero-order chi connectivity index (χ0) is 18.6. The van der Waals surface area contributed by atoms with E-state index >= 15 is 0 Å². The second kappa shape index (κ2) is 7.70. The Morgan fingerprint density at radius 3 is 2.52 bits per heavy atom. The maximum absolute atomic E-state index is 12.1. The number of anilines is 1. The van der Waals surface area contributed by atoms with Crippen LogP contribution in [0.1, 0.15) is 43.6 Å². The molecule has 1 aliphatic carbocycles. The first-order valence-electron chi connectivity index (χ1n) is 9.42. The normalized spacial score (nSPS) is 15.0. The van der Waals surface area contributed by atoms with Crippen LogP contribution in [0.25, 0.3) is 11.0 Å². The molecule has 1 aromatic heterocycles. The summed E-state index contributed by atoms with van der Waals surface area (Å²) in [4.78, 5) is 28.7. The molecule has 0 atom stereocenters. The number of amides is 1. The van der Waals surface area contributed by atoms with Gasteiger partial charge in [0, 0.05) is 5.69 Å². The van der Waals surface area contributed by atoms with Crippen molar-refractivity contribution < 1.29 is 9.53 Å². The highest BCUT2D eigenvalue weighted by Crippen LogP contribution is 2.33. The summed E-state index contributed by atoms with van der Waals surface area (Å²) in [7, 11) is 0. The number of benzene rings is 2. The number of fused-ring (bicyclic) bond motifs is 1. The Balaban J connectivity index is 1.32. The van der Waals surface area contributed by atoms with Gasteiger partial charge in [0.05, 0.1) is 11.0 Å². The predicted octanol–water partition coefficient (Wildman–Crippen LogP) is 3.92. The lowest BCUT2D eigenvalue weighted by molar-refractivity contribution is -0.118. The largest absolute Gasteiger partial charge is 0.484 e. The van der Waals surface area contributed by atoms with Crippen LogP contribution in [-0.2, 0) is 4.79 Å². The first-order chi connectivity index (χ1) is 13.2. The maximum Gasteiger partial charge on any atom is 0.323 e. The van der Waals surface area contributed by atoms with Gasteiger partial charge < -0.3 is 20.0 Å². The van der Waals surface area contributed by atoms with E-state index in [9.17, 15) is 9.59 Å². The molecule has 3 N–H and O–H groups in total. The SMILES string of the molecule is O=C(COc1ccc(C2CCCCC2)cc1)Nc1ccc2[nH]c(=O)[nH]c2c1. The van der Waals surface area contributed by atoms with Gasteiger partial charge in [-0.05, 0) is 54.7 Å². The van der Waals surface area contributed by atoms with E-state index in [4.69, 9.17) is 4.74 Å². The number of hydrogen-bond acceptors (Lipinski definition) is 3. The van der Waals surface area contributed by atoms with E-state index in [2.05, 4.69) is 27.4 Å². The van der Waals surface area contributed by atoms with E-state index in [1.807, 2.05) is 12.1 Å².